The third-order valence-corrected chi connectivity index (χ3v) is 2.19. The Balaban J connectivity index is 2.36. The first kappa shape index (κ1) is 10.5. The van der Waals surface area contributed by atoms with Gasteiger partial charge in [0, 0.05) is 5.69 Å². The molecule has 0 aliphatic heterocycles. The molecule has 1 aromatic heterocycles. The van der Waals surface area contributed by atoms with E-state index < -0.39 is 6.03 Å². The van der Waals surface area contributed by atoms with E-state index >= 15 is 0 Å². The second kappa shape index (κ2) is 4.23. The maximum atomic E-state index is 10.7. The molecule has 1 heterocycles. The van der Waals surface area contributed by atoms with Gasteiger partial charge in [-0.1, -0.05) is 11.3 Å². The van der Waals surface area contributed by atoms with E-state index in [1.807, 2.05) is 6.07 Å². The number of hydrogen-bond acceptors (Lipinski definition) is 4. The summed E-state index contributed by atoms with van der Waals surface area (Å²) in [5.41, 5.74) is 6.36. The third-order valence-electron chi connectivity index (χ3n) is 1.89. The minimum absolute atomic E-state index is 0.591. The molecule has 0 saturated carbocycles. The van der Waals surface area contributed by atoms with Crippen LogP contribution in [-0.4, -0.2) is 21.0 Å². The molecule has 6 nitrogen and oxygen atoms in total. The highest BCUT2D eigenvalue weighted by molar-refractivity contribution is 7.80. The van der Waals surface area contributed by atoms with Gasteiger partial charge in [0.2, 0.25) is 0 Å². The lowest BCUT2D eigenvalue weighted by Gasteiger charge is -2.05. The molecule has 0 saturated heterocycles. The average molecular weight is 235 g/mol. The van der Waals surface area contributed by atoms with Crippen molar-refractivity contribution in [1.29, 1.82) is 0 Å². The first-order chi connectivity index (χ1) is 7.66. The van der Waals surface area contributed by atoms with Crippen LogP contribution in [0.5, 0.6) is 0 Å². The van der Waals surface area contributed by atoms with Gasteiger partial charge < -0.3 is 11.1 Å². The maximum absolute atomic E-state index is 10.7. The normalized spacial score (nSPS) is 10.1. The zero-order chi connectivity index (χ0) is 11.5. The molecule has 7 heteroatoms. The Kier molecular flexibility index (Phi) is 2.78. The number of rotatable bonds is 2. The Morgan fingerprint density at radius 2 is 2.31 bits per heavy atom. The first-order valence-corrected chi connectivity index (χ1v) is 4.88. The number of nitrogens with two attached hydrogens (primary N) is 1. The molecule has 0 atom stereocenters. The molecule has 3 N–H and O–H groups in total. The predicted molar refractivity (Wildman–Crippen MR) is 61.8 cm³/mol. The van der Waals surface area contributed by atoms with Crippen LogP contribution >= 0.6 is 12.6 Å². The van der Waals surface area contributed by atoms with Crippen LogP contribution in [-0.2, 0) is 0 Å². The van der Waals surface area contributed by atoms with E-state index in [-0.39, 0.29) is 0 Å². The topological polar surface area (TPSA) is 85.8 Å². The highest BCUT2D eigenvalue weighted by Crippen LogP contribution is 2.16. The largest absolute Gasteiger partial charge is 0.351 e. The van der Waals surface area contributed by atoms with E-state index in [9.17, 15) is 4.79 Å². The van der Waals surface area contributed by atoms with E-state index in [2.05, 4.69) is 28.3 Å². The SMILES string of the molecule is NC(=O)Nc1cccc(-n2nncc2S)c1. The number of carbonyl (C=O) groups excluding carboxylic acids is 1. The Bertz CT molecular complexity index is 524. The van der Waals surface area contributed by atoms with Crippen LogP contribution in [0.2, 0.25) is 0 Å². The zero-order valence-electron chi connectivity index (χ0n) is 8.16. The predicted octanol–water partition coefficient (Wildman–Crippen LogP) is 1.05. The molecule has 0 unspecified atom stereocenters. The minimum atomic E-state index is -0.609. The van der Waals surface area contributed by atoms with E-state index in [1.54, 1.807) is 18.2 Å². The van der Waals surface area contributed by atoms with Crippen molar-refractivity contribution in [1.82, 2.24) is 15.0 Å². The summed E-state index contributed by atoms with van der Waals surface area (Å²) in [5, 5.41) is 10.7. The molecule has 0 fully saturated rings. The summed E-state index contributed by atoms with van der Waals surface area (Å²) in [7, 11) is 0. The number of primary amides is 1. The summed E-state index contributed by atoms with van der Waals surface area (Å²) in [6.45, 7) is 0. The molecular formula is C9H9N5OS. The Morgan fingerprint density at radius 1 is 1.50 bits per heavy atom. The summed E-state index contributed by atoms with van der Waals surface area (Å²) < 4.78 is 1.54. The second-order valence-electron chi connectivity index (χ2n) is 3.04. The van der Waals surface area contributed by atoms with Crippen LogP contribution in [0.25, 0.3) is 5.69 Å². The summed E-state index contributed by atoms with van der Waals surface area (Å²) >= 11 is 4.19. The molecule has 0 spiro atoms. The molecule has 2 rings (SSSR count). The van der Waals surface area contributed by atoms with Gasteiger partial charge in [-0.15, -0.1) is 17.7 Å². The molecule has 0 radical (unpaired) electrons. The zero-order valence-corrected chi connectivity index (χ0v) is 9.06. The van der Waals surface area contributed by atoms with Gasteiger partial charge in [-0.25, -0.2) is 9.48 Å². The van der Waals surface area contributed by atoms with Crippen molar-refractivity contribution in [3.8, 4) is 5.69 Å². The quantitative estimate of drug-likeness (QED) is 0.680. The van der Waals surface area contributed by atoms with Crippen molar-refractivity contribution < 1.29 is 4.79 Å². The van der Waals surface area contributed by atoms with Gasteiger partial charge in [0.15, 0.2) is 0 Å². The smallest absolute Gasteiger partial charge is 0.316 e. The monoisotopic (exact) mass is 235 g/mol. The molecule has 2 amide bonds. The lowest BCUT2D eigenvalue weighted by molar-refractivity contribution is 0.259. The van der Waals surface area contributed by atoms with Crippen molar-refractivity contribution in [2.24, 2.45) is 5.73 Å². The minimum Gasteiger partial charge on any atom is -0.351 e. The number of nitrogens with zero attached hydrogens (tertiary/aromatic N) is 3. The number of amides is 2. The number of carbonyl (C=O) groups is 1. The van der Waals surface area contributed by atoms with E-state index in [4.69, 9.17) is 5.73 Å². The van der Waals surface area contributed by atoms with Gasteiger partial charge >= 0.3 is 6.03 Å². The van der Waals surface area contributed by atoms with Crippen molar-refractivity contribution in [2.45, 2.75) is 5.03 Å². The van der Waals surface area contributed by atoms with Crippen LogP contribution in [0.3, 0.4) is 0 Å². The number of nitrogens with one attached hydrogen (secondary N) is 1. The third kappa shape index (κ3) is 2.14. The summed E-state index contributed by atoms with van der Waals surface area (Å²) in [6, 6.07) is 6.43. The van der Waals surface area contributed by atoms with Crippen LogP contribution in [0.15, 0.2) is 35.5 Å². The fourth-order valence-corrected chi connectivity index (χ4v) is 1.48. The Labute approximate surface area is 96.9 Å². The Hall–Kier alpha value is -2.02. The molecular weight excluding hydrogens is 226 g/mol. The summed E-state index contributed by atoms with van der Waals surface area (Å²) in [5.74, 6) is 0. The van der Waals surface area contributed by atoms with E-state index in [0.29, 0.717) is 10.7 Å². The number of hydrogen-bond donors (Lipinski definition) is 3. The van der Waals surface area contributed by atoms with Gasteiger partial charge in [-0.2, -0.15) is 0 Å². The summed E-state index contributed by atoms with van der Waals surface area (Å²) in [4.78, 5) is 10.7. The molecule has 1 aromatic carbocycles. The second-order valence-corrected chi connectivity index (χ2v) is 3.50. The first-order valence-electron chi connectivity index (χ1n) is 4.43. The molecule has 0 aliphatic carbocycles. The van der Waals surface area contributed by atoms with Gasteiger partial charge in [-0.3, -0.25) is 0 Å². The molecule has 0 bridgehead atoms. The van der Waals surface area contributed by atoms with E-state index in [0.717, 1.165) is 5.69 Å². The van der Waals surface area contributed by atoms with Crippen molar-refractivity contribution in [2.75, 3.05) is 5.32 Å². The summed E-state index contributed by atoms with van der Waals surface area (Å²) in [6.07, 6.45) is 1.53. The number of anilines is 1. The number of urea groups is 1. The van der Waals surface area contributed by atoms with Gasteiger partial charge in [0.25, 0.3) is 0 Å². The van der Waals surface area contributed by atoms with Crippen LogP contribution in [0.4, 0.5) is 10.5 Å². The number of thiol groups is 1. The van der Waals surface area contributed by atoms with Crippen molar-refractivity contribution >= 4 is 24.3 Å². The molecule has 16 heavy (non-hydrogen) atoms. The fourth-order valence-electron chi connectivity index (χ4n) is 1.27. The lowest BCUT2D eigenvalue weighted by atomic mass is 10.3. The standard InChI is InChI=1S/C9H9N5OS/c10-9(15)12-6-2-1-3-7(4-6)14-8(16)5-11-13-14/h1-5,16H,(H3,10,12,15). The van der Waals surface area contributed by atoms with Gasteiger partial charge in [0.1, 0.15) is 5.03 Å². The molecule has 0 aliphatic rings. The highest BCUT2D eigenvalue weighted by atomic mass is 32.1. The van der Waals surface area contributed by atoms with Gasteiger partial charge in [-0.05, 0) is 18.2 Å². The lowest BCUT2D eigenvalue weighted by Crippen LogP contribution is -2.19. The fraction of sp³-hybridized carbons (Fsp3) is 0. The van der Waals surface area contributed by atoms with Crippen LogP contribution in [0.1, 0.15) is 0 Å². The molecule has 82 valence electrons. The van der Waals surface area contributed by atoms with E-state index in [1.165, 1.54) is 10.9 Å². The van der Waals surface area contributed by atoms with Crippen LogP contribution < -0.4 is 11.1 Å². The van der Waals surface area contributed by atoms with Gasteiger partial charge in [0.05, 0.1) is 11.9 Å². The number of aromatic nitrogens is 3. The average Bonchev–Trinajstić information content (AvgIpc) is 2.64. The highest BCUT2D eigenvalue weighted by Gasteiger charge is 2.04. The maximum Gasteiger partial charge on any atom is 0.316 e. The van der Waals surface area contributed by atoms with Crippen molar-refractivity contribution in [3.05, 3.63) is 30.5 Å². The van der Waals surface area contributed by atoms with Crippen LogP contribution in [0, 0.1) is 0 Å². The van der Waals surface area contributed by atoms with Crippen molar-refractivity contribution in [3.63, 3.8) is 0 Å². The Morgan fingerprint density at radius 3 is 2.94 bits per heavy atom. The molecule has 2 aromatic rings. The number of benzene rings is 1.